The Kier molecular flexibility index (Phi) is 6.90. The minimum atomic E-state index is 0.0568. The first-order valence-corrected chi connectivity index (χ1v) is 9.58. The maximum Gasteiger partial charge on any atom is 0.143 e. The molecule has 6 heteroatoms. The summed E-state index contributed by atoms with van der Waals surface area (Å²) in [7, 11) is 3.10. The molecule has 0 radical (unpaired) electrons. The van der Waals surface area contributed by atoms with Crippen LogP contribution in [0, 0.1) is 6.92 Å². The van der Waals surface area contributed by atoms with Crippen molar-refractivity contribution in [2.75, 3.05) is 40.5 Å². The van der Waals surface area contributed by atoms with Gasteiger partial charge in [0.25, 0.3) is 0 Å². The van der Waals surface area contributed by atoms with Crippen LogP contribution in [0.2, 0.25) is 0 Å². The molecule has 1 fully saturated rings. The van der Waals surface area contributed by atoms with E-state index in [0.717, 1.165) is 30.5 Å². The van der Waals surface area contributed by atoms with Gasteiger partial charge in [0.2, 0.25) is 0 Å². The minimum Gasteiger partial charge on any atom is -0.507 e. The molecule has 0 bridgehead atoms. The molecule has 1 aliphatic heterocycles. The predicted octanol–water partition coefficient (Wildman–Crippen LogP) is 3.18. The molecular formula is C23H27NO5. The number of allylic oxidation sites excluding steroid dienone is 1. The fourth-order valence-corrected chi connectivity index (χ4v) is 3.53. The Bertz CT molecular complexity index is 883. The molecule has 1 heterocycles. The molecule has 2 aromatic carbocycles. The van der Waals surface area contributed by atoms with Gasteiger partial charge in [0.15, 0.2) is 0 Å². The van der Waals surface area contributed by atoms with Gasteiger partial charge in [-0.2, -0.15) is 0 Å². The van der Waals surface area contributed by atoms with Crippen LogP contribution in [0.1, 0.15) is 22.3 Å². The van der Waals surface area contributed by atoms with Crippen molar-refractivity contribution >= 4 is 11.9 Å². The number of hydrogen-bond donors (Lipinski definition) is 1. The molecule has 0 amide bonds. The number of aromatic hydroxyl groups is 1. The predicted molar refractivity (Wildman–Crippen MR) is 112 cm³/mol. The third kappa shape index (κ3) is 4.60. The summed E-state index contributed by atoms with van der Waals surface area (Å²) < 4.78 is 16.5. The first-order valence-electron chi connectivity index (χ1n) is 9.58. The zero-order valence-corrected chi connectivity index (χ0v) is 17.1. The standard InChI is InChI=1S/C23H27NO5/c1-16-4-6-17(7-5-16)18(8-11-25)22-21(28-3)14-20(27-2)19(23(22)26)15-24-9-12-29-13-10-24/h4-8,11,14,26H,9-10,12-13,15H2,1-3H3. The van der Waals surface area contributed by atoms with E-state index in [2.05, 4.69) is 4.90 Å². The van der Waals surface area contributed by atoms with Crippen molar-refractivity contribution in [2.45, 2.75) is 13.5 Å². The molecule has 0 unspecified atom stereocenters. The summed E-state index contributed by atoms with van der Waals surface area (Å²) in [6, 6.07) is 9.55. The number of carbonyl (C=O) groups is 1. The van der Waals surface area contributed by atoms with Crippen LogP contribution >= 0.6 is 0 Å². The highest BCUT2D eigenvalue weighted by atomic mass is 16.5. The lowest BCUT2D eigenvalue weighted by Crippen LogP contribution is -2.35. The second-order valence-corrected chi connectivity index (χ2v) is 6.95. The summed E-state index contributed by atoms with van der Waals surface area (Å²) in [5.74, 6) is 1.05. The number of aryl methyl sites for hydroxylation is 1. The molecule has 29 heavy (non-hydrogen) atoms. The average Bonchev–Trinajstić information content (AvgIpc) is 2.75. The number of hydrogen-bond acceptors (Lipinski definition) is 6. The van der Waals surface area contributed by atoms with Crippen LogP contribution in [0.5, 0.6) is 17.2 Å². The molecule has 154 valence electrons. The third-order valence-corrected chi connectivity index (χ3v) is 5.12. The van der Waals surface area contributed by atoms with E-state index in [1.54, 1.807) is 13.2 Å². The molecule has 0 aromatic heterocycles. The number of morpholine rings is 1. The van der Waals surface area contributed by atoms with E-state index in [4.69, 9.17) is 14.2 Å². The summed E-state index contributed by atoms with van der Waals surface area (Å²) in [6.07, 6.45) is 2.17. The molecule has 1 aliphatic rings. The second kappa shape index (κ2) is 9.58. The number of methoxy groups -OCH3 is 2. The average molecular weight is 397 g/mol. The van der Waals surface area contributed by atoms with Crippen LogP contribution in [-0.2, 0) is 16.1 Å². The fourth-order valence-electron chi connectivity index (χ4n) is 3.53. The first-order chi connectivity index (χ1) is 14.1. The molecule has 6 nitrogen and oxygen atoms in total. The van der Waals surface area contributed by atoms with E-state index >= 15 is 0 Å². The van der Waals surface area contributed by atoms with Crippen LogP contribution in [0.25, 0.3) is 5.57 Å². The Labute approximate surface area is 171 Å². The van der Waals surface area contributed by atoms with E-state index in [0.29, 0.717) is 48.0 Å². The zero-order chi connectivity index (χ0) is 20.8. The van der Waals surface area contributed by atoms with Crippen molar-refractivity contribution in [3.05, 3.63) is 58.7 Å². The van der Waals surface area contributed by atoms with Gasteiger partial charge in [-0.15, -0.1) is 0 Å². The zero-order valence-electron chi connectivity index (χ0n) is 17.1. The number of carbonyl (C=O) groups excluding carboxylic acids is 1. The van der Waals surface area contributed by atoms with Gasteiger partial charge >= 0.3 is 0 Å². The van der Waals surface area contributed by atoms with Crippen LogP contribution in [0.4, 0.5) is 0 Å². The Morgan fingerprint density at radius 2 is 1.79 bits per heavy atom. The Balaban J connectivity index is 2.14. The van der Waals surface area contributed by atoms with Crippen LogP contribution in [0.3, 0.4) is 0 Å². The number of ether oxygens (including phenoxy) is 3. The quantitative estimate of drug-likeness (QED) is 0.572. The highest BCUT2D eigenvalue weighted by molar-refractivity contribution is 5.94. The summed E-state index contributed by atoms with van der Waals surface area (Å²) >= 11 is 0. The van der Waals surface area contributed by atoms with E-state index in [9.17, 15) is 9.90 Å². The van der Waals surface area contributed by atoms with Crippen LogP contribution < -0.4 is 9.47 Å². The molecule has 0 atom stereocenters. The molecule has 2 aromatic rings. The van der Waals surface area contributed by atoms with Gasteiger partial charge in [0.05, 0.1) is 38.6 Å². The van der Waals surface area contributed by atoms with E-state index < -0.39 is 0 Å². The van der Waals surface area contributed by atoms with Crippen molar-refractivity contribution in [1.82, 2.24) is 4.90 Å². The van der Waals surface area contributed by atoms with Crippen molar-refractivity contribution in [3.8, 4) is 17.2 Å². The van der Waals surface area contributed by atoms with Crippen molar-refractivity contribution in [1.29, 1.82) is 0 Å². The van der Waals surface area contributed by atoms with Crippen LogP contribution in [0.15, 0.2) is 36.4 Å². The second-order valence-electron chi connectivity index (χ2n) is 6.95. The number of rotatable bonds is 7. The van der Waals surface area contributed by atoms with Crippen molar-refractivity contribution in [3.63, 3.8) is 0 Å². The molecule has 0 spiro atoms. The Hall–Kier alpha value is -2.83. The first kappa shape index (κ1) is 20.9. The lowest BCUT2D eigenvalue weighted by molar-refractivity contribution is -0.104. The Morgan fingerprint density at radius 3 is 2.38 bits per heavy atom. The lowest BCUT2D eigenvalue weighted by atomic mass is 9.93. The number of aldehydes is 1. The SMILES string of the molecule is COc1cc(OC)c(C(=CC=O)c2ccc(C)cc2)c(O)c1CN1CCOCC1. The van der Waals surface area contributed by atoms with Crippen LogP contribution in [-0.4, -0.2) is 56.8 Å². The third-order valence-electron chi connectivity index (χ3n) is 5.12. The molecule has 1 N–H and O–H groups in total. The minimum absolute atomic E-state index is 0.0568. The summed E-state index contributed by atoms with van der Waals surface area (Å²) in [6.45, 7) is 5.38. The van der Waals surface area contributed by atoms with Gasteiger partial charge in [0.1, 0.15) is 23.5 Å². The largest absolute Gasteiger partial charge is 0.507 e. The number of benzene rings is 2. The monoisotopic (exact) mass is 397 g/mol. The summed E-state index contributed by atoms with van der Waals surface area (Å²) in [5.41, 5.74) is 3.67. The number of nitrogens with zero attached hydrogens (tertiary/aromatic N) is 1. The molecular weight excluding hydrogens is 370 g/mol. The summed E-state index contributed by atoms with van der Waals surface area (Å²) in [4.78, 5) is 13.6. The van der Waals surface area contributed by atoms with Crippen molar-refractivity contribution < 1.29 is 24.1 Å². The highest BCUT2D eigenvalue weighted by Crippen LogP contribution is 2.44. The van der Waals surface area contributed by atoms with Gasteiger partial charge < -0.3 is 19.3 Å². The van der Waals surface area contributed by atoms with Gasteiger partial charge in [-0.25, -0.2) is 0 Å². The molecule has 1 saturated heterocycles. The Morgan fingerprint density at radius 1 is 1.14 bits per heavy atom. The fraction of sp³-hybridized carbons (Fsp3) is 0.348. The topological polar surface area (TPSA) is 68.2 Å². The molecule has 3 rings (SSSR count). The number of phenolic OH excluding ortho intramolecular Hbond substituents is 1. The molecule has 0 saturated carbocycles. The molecule has 0 aliphatic carbocycles. The smallest absolute Gasteiger partial charge is 0.143 e. The van der Waals surface area contributed by atoms with Gasteiger partial charge in [0, 0.05) is 25.7 Å². The van der Waals surface area contributed by atoms with E-state index in [-0.39, 0.29) is 5.75 Å². The normalized spacial score (nSPS) is 15.2. The maximum absolute atomic E-state index is 11.4. The lowest BCUT2D eigenvalue weighted by Gasteiger charge is -2.28. The van der Waals surface area contributed by atoms with E-state index in [1.807, 2.05) is 31.2 Å². The van der Waals surface area contributed by atoms with E-state index in [1.165, 1.54) is 13.2 Å². The summed E-state index contributed by atoms with van der Waals surface area (Å²) in [5, 5.41) is 11.3. The van der Waals surface area contributed by atoms with Crippen molar-refractivity contribution in [2.24, 2.45) is 0 Å². The van der Waals surface area contributed by atoms with Gasteiger partial charge in [-0.1, -0.05) is 29.8 Å². The van der Waals surface area contributed by atoms with Gasteiger partial charge in [-0.05, 0) is 24.1 Å². The number of phenols is 1. The highest BCUT2D eigenvalue weighted by Gasteiger charge is 2.24. The maximum atomic E-state index is 11.4. The van der Waals surface area contributed by atoms with Gasteiger partial charge in [-0.3, -0.25) is 9.69 Å².